The molecule has 0 fully saturated rings. The first-order chi connectivity index (χ1) is 9.47. The Morgan fingerprint density at radius 3 is 2.35 bits per heavy atom. The molecule has 6 heteroatoms. The number of carboxylic acids is 1. The number of rotatable bonds is 4. The highest BCUT2D eigenvalue weighted by Crippen LogP contribution is 2.23. The molecule has 2 aromatic rings. The van der Waals surface area contributed by atoms with E-state index in [1.165, 1.54) is 23.5 Å². The quantitative estimate of drug-likeness (QED) is 0.915. The Kier molecular flexibility index (Phi) is 4.57. The smallest absolute Gasteiger partial charge is 0.335 e. The zero-order chi connectivity index (χ0) is 14.7. The number of nitrogens with zero attached hydrogens (tertiary/aromatic N) is 1. The number of benzene rings is 1. The van der Waals surface area contributed by atoms with Crippen molar-refractivity contribution >= 4 is 39.1 Å². The monoisotopic (exact) mass is 353 g/mol. The van der Waals surface area contributed by atoms with Crippen LogP contribution in [0.5, 0.6) is 0 Å². The van der Waals surface area contributed by atoms with E-state index in [9.17, 15) is 9.59 Å². The lowest BCUT2D eigenvalue weighted by molar-refractivity contribution is 0.0695. The number of hydrogen-bond donors (Lipinski definition) is 1. The van der Waals surface area contributed by atoms with Crippen LogP contribution in [0.2, 0.25) is 0 Å². The number of thiophene rings is 1. The molecule has 0 saturated carbocycles. The molecule has 1 amide bonds. The number of carbonyl (C=O) groups excluding carboxylic acids is 1. The summed E-state index contributed by atoms with van der Waals surface area (Å²) in [6, 6.07) is 10.1. The molecule has 1 aromatic carbocycles. The van der Waals surface area contributed by atoms with E-state index in [4.69, 9.17) is 5.11 Å². The third-order valence-electron chi connectivity index (χ3n) is 2.75. The van der Waals surface area contributed by atoms with E-state index >= 15 is 0 Å². The van der Waals surface area contributed by atoms with Crippen molar-refractivity contribution in [1.29, 1.82) is 0 Å². The van der Waals surface area contributed by atoms with Crippen LogP contribution in [0.15, 0.2) is 40.2 Å². The van der Waals surface area contributed by atoms with Crippen LogP contribution >= 0.6 is 27.3 Å². The van der Waals surface area contributed by atoms with E-state index in [2.05, 4.69) is 15.9 Å². The van der Waals surface area contributed by atoms with Crippen molar-refractivity contribution in [2.24, 2.45) is 0 Å². The minimum absolute atomic E-state index is 0.0528. The molecule has 0 bridgehead atoms. The Bertz CT molecular complexity index is 636. The van der Waals surface area contributed by atoms with Crippen LogP contribution in [0.4, 0.5) is 0 Å². The minimum atomic E-state index is -0.954. The summed E-state index contributed by atoms with van der Waals surface area (Å²) < 4.78 is 0.917. The highest BCUT2D eigenvalue weighted by molar-refractivity contribution is 9.11. The Morgan fingerprint density at radius 2 is 1.85 bits per heavy atom. The Morgan fingerprint density at radius 1 is 1.20 bits per heavy atom. The van der Waals surface area contributed by atoms with E-state index in [0.29, 0.717) is 11.4 Å². The Labute approximate surface area is 128 Å². The number of carboxylic acid groups (broad SMARTS) is 1. The Hall–Kier alpha value is -1.66. The van der Waals surface area contributed by atoms with Crippen LogP contribution < -0.4 is 0 Å². The summed E-state index contributed by atoms with van der Waals surface area (Å²) in [7, 11) is 1.72. The van der Waals surface area contributed by atoms with Crippen molar-refractivity contribution in [2.75, 3.05) is 7.05 Å². The number of hydrogen-bond acceptors (Lipinski definition) is 3. The molecule has 0 aliphatic heterocycles. The first kappa shape index (κ1) is 14.7. The molecule has 1 N–H and O–H groups in total. The maximum absolute atomic E-state index is 12.2. The lowest BCUT2D eigenvalue weighted by Crippen LogP contribution is -2.25. The summed E-state index contributed by atoms with van der Waals surface area (Å²) >= 11 is 4.72. The Balaban J connectivity index is 2.05. The molecule has 0 aliphatic carbocycles. The molecule has 0 saturated heterocycles. The highest BCUT2D eigenvalue weighted by atomic mass is 79.9. The topological polar surface area (TPSA) is 57.6 Å². The summed E-state index contributed by atoms with van der Waals surface area (Å²) in [6.07, 6.45) is 0. The van der Waals surface area contributed by atoms with E-state index in [1.54, 1.807) is 30.1 Å². The SMILES string of the molecule is CN(Cc1ccc(C(=O)O)cc1)C(=O)c1ccc(Br)s1. The van der Waals surface area contributed by atoms with Gasteiger partial charge in [0.15, 0.2) is 0 Å². The van der Waals surface area contributed by atoms with Crippen molar-refractivity contribution in [2.45, 2.75) is 6.54 Å². The molecule has 0 aliphatic rings. The van der Waals surface area contributed by atoms with Crippen LogP contribution in [-0.4, -0.2) is 28.9 Å². The maximum atomic E-state index is 12.2. The predicted octanol–water partition coefficient (Wildman–Crippen LogP) is 3.48. The van der Waals surface area contributed by atoms with Crippen molar-refractivity contribution in [3.8, 4) is 0 Å². The van der Waals surface area contributed by atoms with Gasteiger partial charge >= 0.3 is 5.97 Å². The van der Waals surface area contributed by atoms with Gasteiger partial charge < -0.3 is 10.0 Å². The molecule has 0 unspecified atom stereocenters. The fourth-order valence-corrected chi connectivity index (χ4v) is 3.10. The van der Waals surface area contributed by atoms with Gasteiger partial charge in [-0.3, -0.25) is 4.79 Å². The summed E-state index contributed by atoms with van der Waals surface area (Å²) in [5.74, 6) is -1.01. The molecular formula is C14H12BrNO3S. The summed E-state index contributed by atoms with van der Waals surface area (Å²) in [5, 5.41) is 8.83. The summed E-state index contributed by atoms with van der Waals surface area (Å²) in [5.41, 5.74) is 1.13. The zero-order valence-corrected chi connectivity index (χ0v) is 13.1. The fraction of sp³-hybridized carbons (Fsp3) is 0.143. The lowest BCUT2D eigenvalue weighted by Gasteiger charge is -2.16. The van der Waals surface area contributed by atoms with Gasteiger partial charge in [-0.25, -0.2) is 4.79 Å². The van der Waals surface area contributed by atoms with E-state index < -0.39 is 5.97 Å². The molecule has 104 valence electrons. The fourth-order valence-electron chi connectivity index (χ4n) is 1.72. The first-order valence-electron chi connectivity index (χ1n) is 5.80. The van der Waals surface area contributed by atoms with Crippen LogP contribution in [0.3, 0.4) is 0 Å². The van der Waals surface area contributed by atoms with Gasteiger partial charge in [0, 0.05) is 13.6 Å². The van der Waals surface area contributed by atoms with Gasteiger partial charge in [-0.05, 0) is 45.8 Å². The molecule has 1 heterocycles. The number of carbonyl (C=O) groups is 2. The average Bonchev–Trinajstić information content (AvgIpc) is 2.85. The highest BCUT2D eigenvalue weighted by Gasteiger charge is 2.14. The van der Waals surface area contributed by atoms with E-state index in [1.807, 2.05) is 6.07 Å². The van der Waals surface area contributed by atoms with Crippen molar-refractivity contribution in [1.82, 2.24) is 4.90 Å². The standard InChI is InChI=1S/C14H12BrNO3S/c1-16(13(17)11-6-7-12(15)20-11)8-9-2-4-10(5-3-9)14(18)19/h2-7H,8H2,1H3,(H,18,19). The summed E-state index contributed by atoms with van der Waals surface area (Å²) in [6.45, 7) is 0.439. The van der Waals surface area contributed by atoms with Gasteiger partial charge in [0.1, 0.15) is 0 Å². The van der Waals surface area contributed by atoms with Crippen LogP contribution in [0, 0.1) is 0 Å². The van der Waals surface area contributed by atoms with Crippen molar-refractivity contribution in [3.05, 3.63) is 56.2 Å². The second kappa shape index (κ2) is 6.19. The molecule has 2 rings (SSSR count). The van der Waals surface area contributed by atoms with Crippen LogP contribution in [-0.2, 0) is 6.54 Å². The first-order valence-corrected chi connectivity index (χ1v) is 7.41. The molecule has 20 heavy (non-hydrogen) atoms. The third kappa shape index (κ3) is 3.46. The van der Waals surface area contributed by atoms with Gasteiger partial charge in [0.05, 0.1) is 14.2 Å². The molecule has 0 atom stereocenters. The van der Waals surface area contributed by atoms with Crippen molar-refractivity contribution in [3.63, 3.8) is 0 Å². The second-order valence-electron chi connectivity index (χ2n) is 4.27. The molecular weight excluding hydrogens is 342 g/mol. The van der Waals surface area contributed by atoms with Gasteiger partial charge in [-0.1, -0.05) is 12.1 Å². The maximum Gasteiger partial charge on any atom is 0.335 e. The minimum Gasteiger partial charge on any atom is -0.478 e. The van der Waals surface area contributed by atoms with Gasteiger partial charge in [0.2, 0.25) is 0 Å². The van der Waals surface area contributed by atoms with Crippen LogP contribution in [0.1, 0.15) is 25.6 Å². The van der Waals surface area contributed by atoms with Crippen molar-refractivity contribution < 1.29 is 14.7 Å². The van der Waals surface area contributed by atoms with Crippen LogP contribution in [0.25, 0.3) is 0 Å². The molecule has 0 radical (unpaired) electrons. The molecule has 4 nitrogen and oxygen atoms in total. The predicted molar refractivity (Wildman–Crippen MR) is 81.2 cm³/mol. The normalized spacial score (nSPS) is 10.3. The van der Waals surface area contributed by atoms with E-state index in [-0.39, 0.29) is 11.5 Å². The second-order valence-corrected chi connectivity index (χ2v) is 6.73. The zero-order valence-electron chi connectivity index (χ0n) is 10.7. The average molecular weight is 354 g/mol. The molecule has 0 spiro atoms. The van der Waals surface area contributed by atoms with Gasteiger partial charge in [0.25, 0.3) is 5.91 Å². The summed E-state index contributed by atoms with van der Waals surface area (Å²) in [4.78, 5) is 25.2. The van der Waals surface area contributed by atoms with Gasteiger partial charge in [-0.15, -0.1) is 11.3 Å². The third-order valence-corrected chi connectivity index (χ3v) is 4.36. The van der Waals surface area contributed by atoms with Gasteiger partial charge in [-0.2, -0.15) is 0 Å². The number of amides is 1. The lowest BCUT2D eigenvalue weighted by atomic mass is 10.1. The molecule has 1 aromatic heterocycles. The number of aromatic carboxylic acids is 1. The largest absolute Gasteiger partial charge is 0.478 e. The number of halogens is 1. The van der Waals surface area contributed by atoms with E-state index in [0.717, 1.165) is 9.35 Å².